The molecule has 1 atom stereocenters. The third-order valence-electron chi connectivity index (χ3n) is 7.70. The van der Waals surface area contributed by atoms with Gasteiger partial charge in [-0.25, -0.2) is 4.39 Å². The van der Waals surface area contributed by atoms with E-state index in [1.165, 1.54) is 13.1 Å². The molecule has 4 rings (SSSR count). The van der Waals surface area contributed by atoms with Gasteiger partial charge in [0.1, 0.15) is 24.4 Å². The number of hydrogen-bond donors (Lipinski definition) is 1. The molecule has 1 N–H and O–H groups in total. The lowest BCUT2D eigenvalue weighted by molar-refractivity contribution is -0.124. The van der Waals surface area contributed by atoms with Gasteiger partial charge in [0.2, 0.25) is 5.91 Å². The Morgan fingerprint density at radius 1 is 1.06 bits per heavy atom. The standard InChI is InChI=1S/C26H33FN4O5/c1-28-24(34)22(3-2-12-32)31-25(35)19-13-21(27)23(14-20(19)26(31)36)30-10-6-17(7-11-30)15-29-8-4-18(16-33)5-9-29/h12-14,16-18,22H,2-11,15H2,1H3,(H,28,34). The van der Waals surface area contributed by atoms with E-state index in [4.69, 9.17) is 0 Å². The SMILES string of the molecule is CNC(=O)C(CCC=O)N1C(=O)c2cc(F)c(N3CCC(CN4CCC(C=O)CC4)CC3)cc2C1=O. The van der Waals surface area contributed by atoms with Gasteiger partial charge in [-0.15, -0.1) is 0 Å². The van der Waals surface area contributed by atoms with E-state index in [2.05, 4.69) is 10.2 Å². The minimum atomic E-state index is -1.13. The van der Waals surface area contributed by atoms with Gasteiger partial charge in [-0.3, -0.25) is 19.3 Å². The van der Waals surface area contributed by atoms with Gasteiger partial charge in [0.25, 0.3) is 11.8 Å². The minimum Gasteiger partial charge on any atom is -0.369 e. The van der Waals surface area contributed by atoms with Crippen LogP contribution in [0.15, 0.2) is 12.1 Å². The first-order valence-corrected chi connectivity index (χ1v) is 12.7. The van der Waals surface area contributed by atoms with E-state index < -0.39 is 29.6 Å². The van der Waals surface area contributed by atoms with Crippen molar-refractivity contribution in [3.8, 4) is 0 Å². The second kappa shape index (κ2) is 11.3. The molecular weight excluding hydrogens is 467 g/mol. The second-order valence-corrected chi connectivity index (χ2v) is 9.91. The summed E-state index contributed by atoms with van der Waals surface area (Å²) < 4.78 is 15.1. The topological polar surface area (TPSA) is 107 Å². The molecule has 0 aromatic heterocycles. The Bertz CT molecular complexity index is 1030. The predicted molar refractivity (Wildman–Crippen MR) is 130 cm³/mol. The molecule has 1 aromatic rings. The Kier molecular flexibility index (Phi) is 8.13. The molecule has 3 aliphatic heterocycles. The summed E-state index contributed by atoms with van der Waals surface area (Å²) in [5.41, 5.74) is 0.304. The first-order chi connectivity index (χ1) is 17.4. The number of halogens is 1. The monoisotopic (exact) mass is 500 g/mol. The molecule has 194 valence electrons. The maximum atomic E-state index is 15.1. The van der Waals surface area contributed by atoms with Crippen molar-refractivity contribution in [3.63, 3.8) is 0 Å². The first kappa shape index (κ1) is 25.9. The van der Waals surface area contributed by atoms with Crippen LogP contribution in [0.5, 0.6) is 0 Å². The summed E-state index contributed by atoms with van der Waals surface area (Å²) in [6.07, 6.45) is 5.27. The number of rotatable bonds is 9. The van der Waals surface area contributed by atoms with Crippen LogP contribution in [0.3, 0.4) is 0 Å². The summed E-state index contributed by atoms with van der Waals surface area (Å²) in [6, 6.07) is 1.39. The zero-order chi connectivity index (χ0) is 25.8. The van der Waals surface area contributed by atoms with Crippen molar-refractivity contribution in [3.05, 3.63) is 29.1 Å². The number of carbonyl (C=O) groups excluding carboxylic acids is 5. The zero-order valence-corrected chi connectivity index (χ0v) is 20.6. The van der Waals surface area contributed by atoms with Crippen LogP contribution in [0, 0.1) is 17.7 Å². The van der Waals surface area contributed by atoms with Gasteiger partial charge in [0.05, 0.1) is 16.8 Å². The molecule has 0 spiro atoms. The van der Waals surface area contributed by atoms with Crippen LogP contribution in [0.2, 0.25) is 0 Å². The van der Waals surface area contributed by atoms with E-state index in [1.54, 1.807) is 0 Å². The number of amides is 3. The summed E-state index contributed by atoms with van der Waals surface area (Å²) in [7, 11) is 1.39. The summed E-state index contributed by atoms with van der Waals surface area (Å²) in [4.78, 5) is 65.5. The Hall–Kier alpha value is -3.14. The van der Waals surface area contributed by atoms with Crippen molar-refractivity contribution < 1.29 is 28.4 Å². The normalized spacial score (nSPS) is 20.4. The van der Waals surface area contributed by atoms with E-state index in [0.717, 1.165) is 62.6 Å². The number of fused-ring (bicyclic) bond motifs is 1. The summed E-state index contributed by atoms with van der Waals surface area (Å²) in [5, 5.41) is 2.43. The van der Waals surface area contributed by atoms with Gasteiger partial charge in [0.15, 0.2) is 0 Å². The molecule has 1 unspecified atom stereocenters. The summed E-state index contributed by atoms with van der Waals surface area (Å²) in [5.74, 6) is -1.84. The number of nitrogens with one attached hydrogen (secondary N) is 1. The molecule has 10 heteroatoms. The van der Waals surface area contributed by atoms with Gasteiger partial charge < -0.3 is 24.7 Å². The highest BCUT2D eigenvalue weighted by atomic mass is 19.1. The highest BCUT2D eigenvalue weighted by Crippen LogP contribution is 2.34. The Labute approximate surface area is 210 Å². The van der Waals surface area contributed by atoms with Crippen LogP contribution in [0.25, 0.3) is 0 Å². The number of carbonyl (C=O) groups is 5. The quantitative estimate of drug-likeness (QED) is 0.406. The van der Waals surface area contributed by atoms with Crippen molar-refractivity contribution in [2.24, 2.45) is 11.8 Å². The van der Waals surface area contributed by atoms with E-state index >= 15 is 4.39 Å². The molecule has 3 amide bonds. The van der Waals surface area contributed by atoms with Crippen LogP contribution in [0.4, 0.5) is 10.1 Å². The van der Waals surface area contributed by atoms with Crippen molar-refractivity contribution in [1.82, 2.24) is 15.1 Å². The highest BCUT2D eigenvalue weighted by Gasteiger charge is 2.43. The molecule has 1 aromatic carbocycles. The molecule has 0 radical (unpaired) electrons. The lowest BCUT2D eigenvalue weighted by Gasteiger charge is -2.38. The number of likely N-dealkylation sites (N-methyl/N-ethyl adjacent to an activating group) is 1. The molecule has 3 heterocycles. The van der Waals surface area contributed by atoms with Gasteiger partial charge in [-0.1, -0.05) is 0 Å². The average molecular weight is 501 g/mol. The third kappa shape index (κ3) is 5.18. The number of piperidine rings is 2. The molecule has 9 nitrogen and oxygen atoms in total. The van der Waals surface area contributed by atoms with Gasteiger partial charge in [-0.2, -0.15) is 0 Å². The van der Waals surface area contributed by atoms with Crippen LogP contribution >= 0.6 is 0 Å². The number of benzene rings is 1. The van der Waals surface area contributed by atoms with E-state index in [0.29, 0.717) is 25.3 Å². The third-order valence-corrected chi connectivity index (χ3v) is 7.70. The van der Waals surface area contributed by atoms with E-state index in [9.17, 15) is 24.0 Å². The number of imide groups is 1. The van der Waals surface area contributed by atoms with Crippen molar-refractivity contribution in [1.29, 1.82) is 0 Å². The minimum absolute atomic E-state index is 0.00428. The Balaban J connectivity index is 1.44. The van der Waals surface area contributed by atoms with Gasteiger partial charge in [-0.05, 0) is 63.2 Å². The summed E-state index contributed by atoms with van der Waals surface area (Å²) in [6.45, 7) is 4.10. The zero-order valence-electron chi connectivity index (χ0n) is 20.6. The van der Waals surface area contributed by atoms with Crippen molar-refractivity contribution in [2.75, 3.05) is 44.7 Å². The van der Waals surface area contributed by atoms with Gasteiger partial charge in [0, 0.05) is 39.0 Å². The number of hydrogen-bond acceptors (Lipinski definition) is 7. The van der Waals surface area contributed by atoms with Crippen LogP contribution in [-0.2, 0) is 14.4 Å². The Morgan fingerprint density at radius 3 is 2.28 bits per heavy atom. The van der Waals surface area contributed by atoms with E-state index in [-0.39, 0.29) is 35.6 Å². The molecule has 0 aliphatic carbocycles. The fraction of sp³-hybridized carbons (Fsp3) is 0.577. The van der Waals surface area contributed by atoms with Gasteiger partial charge >= 0.3 is 0 Å². The number of anilines is 1. The highest BCUT2D eigenvalue weighted by molar-refractivity contribution is 6.23. The summed E-state index contributed by atoms with van der Waals surface area (Å²) >= 11 is 0. The molecule has 2 fully saturated rings. The fourth-order valence-corrected chi connectivity index (χ4v) is 5.56. The second-order valence-electron chi connectivity index (χ2n) is 9.91. The van der Waals surface area contributed by atoms with Crippen LogP contribution in [-0.4, -0.2) is 85.9 Å². The smallest absolute Gasteiger partial charge is 0.262 e. The number of nitrogens with zero attached hydrogens (tertiary/aromatic N) is 3. The lowest BCUT2D eigenvalue weighted by Crippen LogP contribution is -2.48. The molecule has 0 bridgehead atoms. The maximum Gasteiger partial charge on any atom is 0.262 e. The van der Waals surface area contributed by atoms with Crippen LogP contribution < -0.4 is 10.2 Å². The largest absolute Gasteiger partial charge is 0.369 e. The number of aldehydes is 2. The first-order valence-electron chi connectivity index (χ1n) is 12.7. The van der Waals surface area contributed by atoms with Crippen molar-refractivity contribution >= 4 is 36.0 Å². The average Bonchev–Trinajstić information content (AvgIpc) is 3.13. The maximum absolute atomic E-state index is 15.1. The Morgan fingerprint density at radius 2 is 1.69 bits per heavy atom. The van der Waals surface area contributed by atoms with Crippen molar-refractivity contribution in [2.45, 2.75) is 44.6 Å². The molecule has 2 saturated heterocycles. The molecule has 36 heavy (non-hydrogen) atoms. The van der Waals surface area contributed by atoms with Crippen LogP contribution in [0.1, 0.15) is 59.2 Å². The molecule has 0 saturated carbocycles. The number of likely N-dealkylation sites (tertiary alicyclic amines) is 1. The molecule has 3 aliphatic rings. The predicted octanol–water partition coefficient (Wildman–Crippen LogP) is 1.64. The fourth-order valence-electron chi connectivity index (χ4n) is 5.56. The van der Waals surface area contributed by atoms with E-state index in [1.807, 2.05) is 4.90 Å². The molecular formula is C26H33FN4O5. The lowest BCUT2D eigenvalue weighted by atomic mass is 9.93.